The lowest BCUT2D eigenvalue weighted by molar-refractivity contribution is -0.118. The number of fused-ring (bicyclic) bond motifs is 1. The van der Waals surface area contributed by atoms with Gasteiger partial charge in [0, 0.05) is 6.20 Å². The van der Waals surface area contributed by atoms with Crippen molar-refractivity contribution < 1.29 is 9.53 Å². The maximum atomic E-state index is 11.8. The molecule has 0 aliphatic heterocycles. The highest BCUT2D eigenvalue weighted by atomic mass is 16.5. The second-order valence-electron chi connectivity index (χ2n) is 4.16. The van der Waals surface area contributed by atoms with Crippen LogP contribution in [0.1, 0.15) is 0 Å². The van der Waals surface area contributed by atoms with Gasteiger partial charge in [-0.05, 0) is 24.3 Å². The van der Waals surface area contributed by atoms with Crippen LogP contribution in [-0.4, -0.2) is 27.1 Å². The average molecular weight is 268 g/mol. The molecule has 3 aromatic rings. The Morgan fingerprint density at radius 1 is 1.20 bits per heavy atom. The Hall–Kier alpha value is -2.89. The quantitative estimate of drug-likeness (QED) is 0.782. The number of pyridine rings is 1. The summed E-state index contributed by atoms with van der Waals surface area (Å²) in [6.45, 7) is -0.0375. The molecule has 6 heteroatoms. The number of amides is 1. The highest BCUT2D eigenvalue weighted by molar-refractivity contribution is 5.91. The van der Waals surface area contributed by atoms with Crippen molar-refractivity contribution in [3.63, 3.8) is 0 Å². The fourth-order valence-electron chi connectivity index (χ4n) is 1.76. The predicted molar refractivity (Wildman–Crippen MR) is 73.6 cm³/mol. The molecule has 1 amide bonds. The topological polar surface area (TPSA) is 68.5 Å². The first kappa shape index (κ1) is 12.2. The fraction of sp³-hybridized carbons (Fsp3) is 0.0714. The summed E-state index contributed by atoms with van der Waals surface area (Å²) in [4.78, 5) is 11.8. The van der Waals surface area contributed by atoms with E-state index in [1.807, 2.05) is 18.2 Å². The number of anilines is 1. The van der Waals surface area contributed by atoms with Gasteiger partial charge in [-0.1, -0.05) is 18.2 Å². The van der Waals surface area contributed by atoms with Crippen LogP contribution in [-0.2, 0) is 4.79 Å². The Kier molecular flexibility index (Phi) is 3.28. The van der Waals surface area contributed by atoms with Gasteiger partial charge in [0.25, 0.3) is 5.91 Å². The zero-order valence-corrected chi connectivity index (χ0v) is 10.6. The lowest BCUT2D eigenvalue weighted by Gasteiger charge is -2.07. The number of para-hydroxylation sites is 1. The molecule has 0 atom stereocenters. The van der Waals surface area contributed by atoms with Crippen molar-refractivity contribution in [1.82, 2.24) is 14.6 Å². The smallest absolute Gasteiger partial charge is 0.262 e. The van der Waals surface area contributed by atoms with Crippen molar-refractivity contribution >= 4 is 17.2 Å². The summed E-state index contributed by atoms with van der Waals surface area (Å²) >= 11 is 0. The van der Waals surface area contributed by atoms with E-state index in [0.717, 1.165) is 5.65 Å². The first-order valence-corrected chi connectivity index (χ1v) is 6.08. The minimum Gasteiger partial charge on any atom is -0.484 e. The molecule has 0 aliphatic rings. The number of carbonyl (C=O) groups is 1. The molecule has 0 fully saturated rings. The van der Waals surface area contributed by atoms with Gasteiger partial charge in [-0.15, -0.1) is 10.2 Å². The van der Waals surface area contributed by atoms with Crippen LogP contribution in [0.3, 0.4) is 0 Å². The Morgan fingerprint density at radius 3 is 2.90 bits per heavy atom. The van der Waals surface area contributed by atoms with Crippen LogP contribution in [0.5, 0.6) is 5.75 Å². The van der Waals surface area contributed by atoms with Crippen LogP contribution >= 0.6 is 0 Å². The van der Waals surface area contributed by atoms with E-state index in [1.54, 1.807) is 41.2 Å². The summed E-state index contributed by atoms with van der Waals surface area (Å²) in [6, 6.07) is 12.7. The molecule has 0 saturated heterocycles. The Bertz CT molecular complexity index is 724. The maximum absolute atomic E-state index is 11.8. The van der Waals surface area contributed by atoms with Gasteiger partial charge in [0.2, 0.25) is 0 Å². The van der Waals surface area contributed by atoms with Crippen molar-refractivity contribution in [3.8, 4) is 5.75 Å². The molecular weight excluding hydrogens is 256 g/mol. The van der Waals surface area contributed by atoms with Crippen molar-refractivity contribution in [3.05, 3.63) is 55.0 Å². The second kappa shape index (κ2) is 5.40. The third-order valence-corrected chi connectivity index (χ3v) is 2.69. The molecule has 0 saturated carbocycles. The maximum Gasteiger partial charge on any atom is 0.262 e. The minimum atomic E-state index is -0.221. The molecule has 100 valence electrons. The summed E-state index contributed by atoms with van der Waals surface area (Å²) in [5.41, 5.74) is 1.39. The summed E-state index contributed by atoms with van der Waals surface area (Å²) in [7, 11) is 0. The number of aromatic nitrogens is 3. The van der Waals surface area contributed by atoms with Gasteiger partial charge in [0.05, 0.1) is 5.69 Å². The van der Waals surface area contributed by atoms with Crippen molar-refractivity contribution in [1.29, 1.82) is 0 Å². The SMILES string of the molecule is O=C(COc1ccccc1)Nc1ccc2nncn2c1. The molecular formula is C14H12N4O2. The monoisotopic (exact) mass is 268 g/mol. The normalized spacial score (nSPS) is 10.4. The summed E-state index contributed by atoms with van der Waals surface area (Å²) < 4.78 is 7.10. The van der Waals surface area contributed by atoms with Crippen LogP contribution in [0.2, 0.25) is 0 Å². The first-order valence-electron chi connectivity index (χ1n) is 6.08. The Balaban J connectivity index is 1.61. The Morgan fingerprint density at radius 2 is 2.05 bits per heavy atom. The van der Waals surface area contributed by atoms with Gasteiger partial charge < -0.3 is 10.1 Å². The van der Waals surface area contributed by atoms with E-state index in [1.165, 1.54) is 0 Å². The summed E-state index contributed by atoms with van der Waals surface area (Å²) in [5, 5.41) is 10.4. The average Bonchev–Trinajstić information content (AvgIpc) is 2.94. The number of benzene rings is 1. The number of nitrogens with one attached hydrogen (secondary N) is 1. The van der Waals surface area contributed by atoms with Crippen LogP contribution in [0.4, 0.5) is 5.69 Å². The number of rotatable bonds is 4. The van der Waals surface area contributed by atoms with Crippen molar-refractivity contribution in [2.24, 2.45) is 0 Å². The van der Waals surface area contributed by atoms with Gasteiger partial charge in [-0.25, -0.2) is 0 Å². The van der Waals surface area contributed by atoms with Gasteiger partial charge in [-0.2, -0.15) is 0 Å². The van der Waals surface area contributed by atoms with E-state index in [-0.39, 0.29) is 12.5 Å². The third-order valence-electron chi connectivity index (χ3n) is 2.69. The molecule has 0 unspecified atom stereocenters. The van der Waals surface area contributed by atoms with Crippen LogP contribution < -0.4 is 10.1 Å². The van der Waals surface area contributed by atoms with E-state index in [9.17, 15) is 4.79 Å². The standard InChI is InChI=1S/C14H12N4O2/c19-14(9-20-12-4-2-1-3-5-12)16-11-6-7-13-17-15-10-18(13)8-11/h1-8,10H,9H2,(H,16,19). The predicted octanol–water partition coefficient (Wildman–Crippen LogP) is 1.75. The largest absolute Gasteiger partial charge is 0.484 e. The fourth-order valence-corrected chi connectivity index (χ4v) is 1.76. The molecule has 0 spiro atoms. The zero-order valence-electron chi connectivity index (χ0n) is 10.6. The van der Waals surface area contributed by atoms with Crippen LogP contribution in [0.25, 0.3) is 5.65 Å². The van der Waals surface area contributed by atoms with Gasteiger partial charge >= 0.3 is 0 Å². The third kappa shape index (κ3) is 2.74. The van der Waals surface area contributed by atoms with E-state index in [0.29, 0.717) is 11.4 Å². The van der Waals surface area contributed by atoms with Gasteiger partial charge in [0.1, 0.15) is 12.1 Å². The number of nitrogens with zero attached hydrogens (tertiary/aromatic N) is 3. The number of hydrogen-bond acceptors (Lipinski definition) is 4. The van der Waals surface area contributed by atoms with E-state index in [2.05, 4.69) is 15.5 Å². The number of hydrogen-bond donors (Lipinski definition) is 1. The van der Waals surface area contributed by atoms with E-state index in [4.69, 9.17) is 4.74 Å². The molecule has 1 aromatic carbocycles. The molecule has 0 radical (unpaired) electrons. The molecule has 1 N–H and O–H groups in total. The molecule has 2 heterocycles. The zero-order chi connectivity index (χ0) is 13.8. The lowest BCUT2D eigenvalue weighted by atomic mass is 10.3. The molecule has 20 heavy (non-hydrogen) atoms. The highest BCUT2D eigenvalue weighted by Crippen LogP contribution is 2.10. The number of carbonyl (C=O) groups excluding carboxylic acids is 1. The molecule has 0 bridgehead atoms. The molecule has 3 rings (SSSR count). The van der Waals surface area contributed by atoms with E-state index < -0.39 is 0 Å². The highest BCUT2D eigenvalue weighted by Gasteiger charge is 2.04. The lowest BCUT2D eigenvalue weighted by Crippen LogP contribution is -2.20. The molecule has 0 aliphatic carbocycles. The summed E-state index contributed by atoms with van der Waals surface area (Å²) in [6.07, 6.45) is 3.32. The van der Waals surface area contributed by atoms with E-state index >= 15 is 0 Å². The first-order chi connectivity index (χ1) is 9.81. The van der Waals surface area contributed by atoms with Crippen molar-refractivity contribution in [2.45, 2.75) is 0 Å². The summed E-state index contributed by atoms with van der Waals surface area (Å²) in [5.74, 6) is 0.443. The minimum absolute atomic E-state index is 0.0375. The van der Waals surface area contributed by atoms with Crippen LogP contribution in [0, 0.1) is 0 Å². The Labute approximate surface area is 115 Å². The van der Waals surface area contributed by atoms with Gasteiger partial charge in [0.15, 0.2) is 12.3 Å². The molecule has 6 nitrogen and oxygen atoms in total. The molecule has 2 aromatic heterocycles. The van der Waals surface area contributed by atoms with Crippen molar-refractivity contribution in [2.75, 3.05) is 11.9 Å². The van der Waals surface area contributed by atoms with Crippen LogP contribution in [0.15, 0.2) is 55.0 Å². The number of ether oxygens (including phenoxy) is 1. The second-order valence-corrected chi connectivity index (χ2v) is 4.16. The van der Waals surface area contributed by atoms with Gasteiger partial charge in [-0.3, -0.25) is 9.20 Å².